The van der Waals surface area contributed by atoms with Crippen molar-refractivity contribution in [1.29, 1.82) is 0 Å². The van der Waals surface area contributed by atoms with Gasteiger partial charge in [0.15, 0.2) is 0 Å². The van der Waals surface area contributed by atoms with Gasteiger partial charge in [0.25, 0.3) is 0 Å². The van der Waals surface area contributed by atoms with Crippen LogP contribution >= 0.6 is 0 Å². The zero-order valence-corrected chi connectivity index (χ0v) is 17.0. The fourth-order valence-electron chi connectivity index (χ4n) is 3.45. The van der Waals surface area contributed by atoms with E-state index in [1.165, 1.54) is 0 Å². The van der Waals surface area contributed by atoms with E-state index in [0.717, 1.165) is 39.8 Å². The number of methoxy groups -OCH3 is 1. The molecule has 0 fully saturated rings. The highest BCUT2D eigenvalue weighted by atomic mass is 16.5. The lowest BCUT2D eigenvalue weighted by molar-refractivity contribution is 0.0684. The Kier molecular flexibility index (Phi) is 6.05. The first kappa shape index (κ1) is 20.0. The maximum Gasteiger partial charge on any atom is 0.352 e. The molecular formula is C23H28N2O3. The van der Waals surface area contributed by atoms with Crippen LogP contribution in [-0.4, -0.2) is 28.8 Å². The smallest absolute Gasteiger partial charge is 0.352 e. The largest absolute Gasteiger partial charge is 0.497 e. The summed E-state index contributed by atoms with van der Waals surface area (Å²) >= 11 is 0. The van der Waals surface area contributed by atoms with Gasteiger partial charge in [-0.3, -0.25) is 0 Å². The second kappa shape index (κ2) is 8.48. The number of hydrogen-bond donors (Lipinski definition) is 2. The predicted molar refractivity (Wildman–Crippen MR) is 112 cm³/mol. The van der Waals surface area contributed by atoms with Gasteiger partial charge in [-0.2, -0.15) is 0 Å². The zero-order valence-electron chi connectivity index (χ0n) is 17.0. The molecule has 0 amide bonds. The summed E-state index contributed by atoms with van der Waals surface area (Å²) in [6.07, 6.45) is 0.992. The molecule has 2 N–H and O–H groups in total. The molecule has 1 atom stereocenters. The van der Waals surface area contributed by atoms with Crippen LogP contribution in [0.4, 0.5) is 0 Å². The number of aromatic nitrogens is 1. The fraction of sp³-hybridized carbons (Fsp3) is 0.348. The first-order valence-electron chi connectivity index (χ1n) is 9.65. The zero-order chi connectivity index (χ0) is 20.3. The summed E-state index contributed by atoms with van der Waals surface area (Å²) in [5, 5.41) is 14.5. The Morgan fingerprint density at radius 3 is 2.54 bits per heavy atom. The minimum Gasteiger partial charge on any atom is -0.497 e. The molecule has 5 heteroatoms. The van der Waals surface area contributed by atoms with E-state index >= 15 is 0 Å². The highest BCUT2D eigenvalue weighted by Gasteiger charge is 2.22. The van der Waals surface area contributed by atoms with Crippen molar-refractivity contribution in [2.75, 3.05) is 7.11 Å². The van der Waals surface area contributed by atoms with Crippen molar-refractivity contribution in [2.45, 2.75) is 46.3 Å². The Morgan fingerprint density at radius 2 is 1.93 bits per heavy atom. The number of carboxylic acid groups (broad SMARTS) is 1. The van der Waals surface area contributed by atoms with E-state index in [1.54, 1.807) is 7.11 Å². The van der Waals surface area contributed by atoms with Crippen LogP contribution in [0.3, 0.4) is 0 Å². The highest BCUT2D eigenvalue weighted by Crippen LogP contribution is 2.29. The molecule has 0 saturated carbocycles. The lowest BCUT2D eigenvalue weighted by Gasteiger charge is -2.13. The number of benzene rings is 2. The number of nitrogens with zero attached hydrogens (tertiary/aromatic N) is 1. The van der Waals surface area contributed by atoms with Crippen LogP contribution in [0.2, 0.25) is 0 Å². The van der Waals surface area contributed by atoms with Crippen molar-refractivity contribution in [3.8, 4) is 5.75 Å². The van der Waals surface area contributed by atoms with Crippen LogP contribution in [0.15, 0.2) is 42.5 Å². The van der Waals surface area contributed by atoms with Gasteiger partial charge in [-0.15, -0.1) is 0 Å². The third kappa shape index (κ3) is 4.04. The molecule has 2 aromatic carbocycles. The van der Waals surface area contributed by atoms with Gasteiger partial charge >= 0.3 is 5.97 Å². The second-order valence-corrected chi connectivity index (χ2v) is 7.28. The molecule has 3 aromatic rings. The van der Waals surface area contributed by atoms with Crippen molar-refractivity contribution in [3.05, 3.63) is 64.8 Å². The minimum atomic E-state index is -0.900. The maximum atomic E-state index is 12.2. The van der Waals surface area contributed by atoms with E-state index in [4.69, 9.17) is 4.74 Å². The molecular weight excluding hydrogens is 352 g/mol. The number of ether oxygens (including phenoxy) is 1. The van der Waals surface area contributed by atoms with Crippen LogP contribution < -0.4 is 10.1 Å². The number of rotatable bonds is 8. The molecule has 1 aromatic heterocycles. The molecule has 1 heterocycles. The number of nitrogens with one attached hydrogen (secondary N) is 1. The molecule has 0 radical (unpaired) electrons. The molecule has 28 heavy (non-hydrogen) atoms. The van der Waals surface area contributed by atoms with Crippen molar-refractivity contribution >= 4 is 16.9 Å². The lowest BCUT2D eigenvalue weighted by atomic mass is 10.1. The number of hydrogen-bond acceptors (Lipinski definition) is 3. The standard InChI is InChI=1S/C23H28N2O3/c1-5-16(3)24-13-20-19-11-6-15(2)12-21(19)25(22(20)23(26)27)14-17-7-9-18(28-4)10-8-17/h6-12,16,24H,5,13-14H2,1-4H3,(H,26,27)/t16-/m1/s1. The number of aromatic carboxylic acids is 1. The molecule has 0 spiro atoms. The molecule has 0 bridgehead atoms. The van der Waals surface area contributed by atoms with Crippen molar-refractivity contribution < 1.29 is 14.6 Å². The van der Waals surface area contributed by atoms with Gasteiger partial charge in [0.1, 0.15) is 11.4 Å². The Hall–Kier alpha value is -2.79. The summed E-state index contributed by atoms with van der Waals surface area (Å²) in [6, 6.07) is 14.2. The Labute approximate surface area is 165 Å². The van der Waals surface area contributed by atoms with E-state index < -0.39 is 5.97 Å². The predicted octanol–water partition coefficient (Wildman–Crippen LogP) is 4.59. The normalized spacial score (nSPS) is 12.3. The van der Waals surface area contributed by atoms with Crippen molar-refractivity contribution in [3.63, 3.8) is 0 Å². The Bertz CT molecular complexity index is 974. The number of carboxylic acids is 1. The van der Waals surface area contributed by atoms with Gasteiger partial charge in [-0.25, -0.2) is 4.79 Å². The molecule has 5 nitrogen and oxygen atoms in total. The second-order valence-electron chi connectivity index (χ2n) is 7.28. The topological polar surface area (TPSA) is 63.5 Å². The summed E-state index contributed by atoms with van der Waals surface area (Å²) < 4.78 is 7.14. The third-order valence-electron chi connectivity index (χ3n) is 5.27. The first-order chi connectivity index (χ1) is 13.4. The SMILES string of the molecule is CC[C@@H](C)NCc1c(C(=O)O)n(Cc2ccc(OC)cc2)c2cc(C)ccc12. The van der Waals surface area contributed by atoms with Crippen LogP contribution in [0.1, 0.15) is 47.4 Å². The van der Waals surface area contributed by atoms with E-state index in [0.29, 0.717) is 24.8 Å². The van der Waals surface area contributed by atoms with Gasteiger partial charge in [0, 0.05) is 35.6 Å². The van der Waals surface area contributed by atoms with E-state index in [9.17, 15) is 9.90 Å². The van der Waals surface area contributed by atoms with E-state index in [2.05, 4.69) is 25.2 Å². The molecule has 0 saturated heterocycles. The number of fused-ring (bicyclic) bond motifs is 1. The van der Waals surface area contributed by atoms with E-state index in [-0.39, 0.29) is 0 Å². The highest BCUT2D eigenvalue weighted by molar-refractivity contribution is 5.98. The summed E-state index contributed by atoms with van der Waals surface area (Å²) in [7, 11) is 1.64. The number of carbonyl (C=O) groups is 1. The molecule has 0 unspecified atom stereocenters. The average Bonchev–Trinajstić information content (AvgIpc) is 2.99. The Morgan fingerprint density at radius 1 is 1.21 bits per heavy atom. The van der Waals surface area contributed by atoms with Crippen LogP contribution in [-0.2, 0) is 13.1 Å². The molecule has 0 aliphatic heterocycles. The summed E-state index contributed by atoms with van der Waals surface area (Å²) in [6.45, 7) is 7.29. The van der Waals surface area contributed by atoms with Crippen LogP contribution in [0.25, 0.3) is 10.9 Å². The van der Waals surface area contributed by atoms with E-state index in [1.807, 2.05) is 47.9 Å². The molecule has 0 aliphatic rings. The summed E-state index contributed by atoms with van der Waals surface area (Å²) in [5.74, 6) is -0.114. The average molecular weight is 380 g/mol. The minimum absolute atomic E-state index is 0.326. The molecule has 0 aliphatic carbocycles. The molecule has 3 rings (SSSR count). The lowest BCUT2D eigenvalue weighted by Crippen LogP contribution is -2.25. The van der Waals surface area contributed by atoms with Crippen LogP contribution in [0, 0.1) is 6.92 Å². The quantitative estimate of drug-likeness (QED) is 0.600. The summed E-state index contributed by atoms with van der Waals surface area (Å²) in [4.78, 5) is 12.2. The fourth-order valence-corrected chi connectivity index (χ4v) is 3.45. The van der Waals surface area contributed by atoms with Gasteiger partial charge in [0.05, 0.1) is 7.11 Å². The third-order valence-corrected chi connectivity index (χ3v) is 5.27. The van der Waals surface area contributed by atoms with Gasteiger partial charge in [-0.05, 0) is 49.6 Å². The van der Waals surface area contributed by atoms with Gasteiger partial charge in [-0.1, -0.05) is 31.2 Å². The maximum absolute atomic E-state index is 12.2. The van der Waals surface area contributed by atoms with Crippen LogP contribution in [0.5, 0.6) is 5.75 Å². The summed E-state index contributed by atoms with van der Waals surface area (Å²) in [5.41, 5.74) is 4.29. The first-order valence-corrected chi connectivity index (χ1v) is 9.65. The van der Waals surface area contributed by atoms with Gasteiger partial charge < -0.3 is 19.7 Å². The molecule has 148 valence electrons. The van der Waals surface area contributed by atoms with Crippen molar-refractivity contribution in [2.24, 2.45) is 0 Å². The number of aryl methyl sites for hydroxylation is 1. The van der Waals surface area contributed by atoms with Gasteiger partial charge in [0.2, 0.25) is 0 Å². The van der Waals surface area contributed by atoms with Crippen molar-refractivity contribution in [1.82, 2.24) is 9.88 Å². The monoisotopic (exact) mass is 380 g/mol. The Balaban J connectivity index is 2.11.